The van der Waals surface area contributed by atoms with Gasteiger partial charge in [-0.15, -0.1) is 11.3 Å². The quantitative estimate of drug-likeness (QED) is 0.921. The Balaban J connectivity index is 2.16. The Hall–Kier alpha value is -1.72. The number of methoxy groups -OCH3 is 1. The maximum Gasteiger partial charge on any atom is 0.253 e. The van der Waals surface area contributed by atoms with E-state index < -0.39 is 6.10 Å². The molecule has 5 heteroatoms. The first-order valence-corrected chi connectivity index (χ1v) is 6.42. The van der Waals surface area contributed by atoms with Crippen molar-refractivity contribution in [2.45, 2.75) is 13.0 Å². The molecule has 1 unspecified atom stereocenters. The van der Waals surface area contributed by atoms with Gasteiger partial charge in [-0.1, -0.05) is 12.1 Å². The summed E-state index contributed by atoms with van der Waals surface area (Å²) in [6.45, 7) is 1.71. The summed E-state index contributed by atoms with van der Waals surface area (Å²) < 4.78 is 4.96. The lowest BCUT2D eigenvalue weighted by Crippen LogP contribution is -2.26. The van der Waals surface area contributed by atoms with Crippen molar-refractivity contribution >= 4 is 22.9 Å². The Labute approximate surface area is 110 Å². The molecule has 0 spiro atoms. The molecule has 0 aliphatic heterocycles. The average molecular weight is 262 g/mol. The van der Waals surface area contributed by atoms with Crippen LogP contribution >= 0.6 is 11.3 Å². The lowest BCUT2D eigenvalue weighted by atomic mass is 10.2. The van der Waals surface area contributed by atoms with Crippen LogP contribution in [0.25, 0.3) is 10.6 Å². The Kier molecular flexibility index (Phi) is 4.07. The fraction of sp³-hybridized carbons (Fsp3) is 0.231. The second-order valence-electron chi connectivity index (χ2n) is 3.79. The molecule has 1 aromatic carbocycles. The largest absolute Gasteiger partial charge is 0.372 e. The molecular formula is C13H14N2O2S. The fourth-order valence-electron chi connectivity index (χ4n) is 1.45. The van der Waals surface area contributed by atoms with E-state index in [1.165, 1.54) is 7.11 Å². The Morgan fingerprint density at radius 2 is 2.33 bits per heavy atom. The molecule has 1 heterocycles. The molecular weight excluding hydrogens is 248 g/mol. The molecule has 4 nitrogen and oxygen atoms in total. The summed E-state index contributed by atoms with van der Waals surface area (Å²) in [4.78, 5) is 15.9. The third kappa shape index (κ3) is 2.94. The van der Waals surface area contributed by atoms with E-state index in [0.717, 1.165) is 16.3 Å². The molecule has 0 radical (unpaired) electrons. The molecule has 1 amide bonds. The van der Waals surface area contributed by atoms with E-state index in [2.05, 4.69) is 10.3 Å². The minimum Gasteiger partial charge on any atom is -0.372 e. The summed E-state index contributed by atoms with van der Waals surface area (Å²) in [6.07, 6.45) is 1.30. The summed E-state index contributed by atoms with van der Waals surface area (Å²) in [5.74, 6) is -0.159. The molecule has 0 fully saturated rings. The lowest BCUT2D eigenvalue weighted by molar-refractivity contribution is -0.124. The maximum absolute atomic E-state index is 11.7. The van der Waals surface area contributed by atoms with Crippen molar-refractivity contribution < 1.29 is 9.53 Å². The van der Waals surface area contributed by atoms with E-state index in [4.69, 9.17) is 4.74 Å². The van der Waals surface area contributed by atoms with E-state index >= 15 is 0 Å². The Morgan fingerprint density at radius 1 is 1.50 bits per heavy atom. The number of amides is 1. The monoisotopic (exact) mass is 262 g/mol. The molecule has 2 aromatic rings. The van der Waals surface area contributed by atoms with Gasteiger partial charge in [0.05, 0.1) is 0 Å². The van der Waals surface area contributed by atoms with Crippen molar-refractivity contribution in [1.29, 1.82) is 0 Å². The standard InChI is InChI=1S/C13H14N2O2S/c1-9(17-2)12(16)15-11-5-3-4-10(8-11)13-14-6-7-18-13/h3-9H,1-2H3,(H,15,16). The molecule has 1 atom stereocenters. The molecule has 0 bridgehead atoms. The van der Waals surface area contributed by atoms with Gasteiger partial charge in [0.25, 0.3) is 5.91 Å². The van der Waals surface area contributed by atoms with Gasteiger partial charge in [-0.25, -0.2) is 4.98 Å². The van der Waals surface area contributed by atoms with Gasteiger partial charge in [-0.05, 0) is 19.1 Å². The van der Waals surface area contributed by atoms with E-state index in [1.807, 2.05) is 29.6 Å². The topological polar surface area (TPSA) is 51.2 Å². The minimum absolute atomic E-state index is 0.159. The highest BCUT2D eigenvalue weighted by Crippen LogP contribution is 2.24. The molecule has 18 heavy (non-hydrogen) atoms. The molecule has 94 valence electrons. The lowest BCUT2D eigenvalue weighted by Gasteiger charge is -2.10. The zero-order valence-corrected chi connectivity index (χ0v) is 11.0. The van der Waals surface area contributed by atoms with Gasteiger partial charge in [0.1, 0.15) is 11.1 Å². The van der Waals surface area contributed by atoms with E-state index in [9.17, 15) is 4.79 Å². The van der Waals surface area contributed by atoms with Crippen molar-refractivity contribution in [3.63, 3.8) is 0 Å². The predicted molar refractivity (Wildman–Crippen MR) is 72.7 cm³/mol. The van der Waals surface area contributed by atoms with Crippen LogP contribution in [0.1, 0.15) is 6.92 Å². The minimum atomic E-state index is -0.464. The van der Waals surface area contributed by atoms with Gasteiger partial charge in [-0.2, -0.15) is 0 Å². The van der Waals surface area contributed by atoms with Gasteiger partial charge in [0.2, 0.25) is 0 Å². The van der Waals surface area contributed by atoms with Crippen LogP contribution in [0.3, 0.4) is 0 Å². The van der Waals surface area contributed by atoms with Crippen molar-refractivity contribution in [3.8, 4) is 10.6 Å². The number of rotatable bonds is 4. The number of anilines is 1. The van der Waals surface area contributed by atoms with Gasteiger partial charge >= 0.3 is 0 Å². The number of nitrogens with zero attached hydrogens (tertiary/aromatic N) is 1. The van der Waals surface area contributed by atoms with E-state index in [-0.39, 0.29) is 5.91 Å². The number of benzene rings is 1. The van der Waals surface area contributed by atoms with E-state index in [1.54, 1.807) is 24.5 Å². The molecule has 0 saturated heterocycles. The van der Waals surface area contributed by atoms with Gasteiger partial charge < -0.3 is 10.1 Å². The van der Waals surface area contributed by atoms with Crippen LogP contribution in [-0.4, -0.2) is 24.1 Å². The zero-order chi connectivity index (χ0) is 13.0. The van der Waals surface area contributed by atoms with Crippen molar-refractivity contribution in [3.05, 3.63) is 35.8 Å². The summed E-state index contributed by atoms with van der Waals surface area (Å²) in [7, 11) is 1.51. The number of carbonyl (C=O) groups excluding carboxylic acids is 1. The Morgan fingerprint density at radius 3 is 3.00 bits per heavy atom. The first-order chi connectivity index (χ1) is 8.70. The number of aromatic nitrogens is 1. The molecule has 1 aromatic heterocycles. The molecule has 0 aliphatic rings. The normalized spacial score (nSPS) is 12.1. The SMILES string of the molecule is COC(C)C(=O)Nc1cccc(-c2nccs2)c1. The summed E-state index contributed by atoms with van der Waals surface area (Å²) in [6, 6.07) is 7.61. The fourth-order valence-corrected chi connectivity index (χ4v) is 2.08. The van der Waals surface area contributed by atoms with Crippen molar-refractivity contribution in [1.82, 2.24) is 4.98 Å². The number of ether oxygens (including phenoxy) is 1. The van der Waals surface area contributed by atoms with E-state index in [0.29, 0.717) is 0 Å². The highest BCUT2D eigenvalue weighted by Gasteiger charge is 2.11. The highest BCUT2D eigenvalue weighted by atomic mass is 32.1. The number of hydrogen-bond acceptors (Lipinski definition) is 4. The molecule has 2 rings (SSSR count). The van der Waals surface area contributed by atoms with Gasteiger partial charge in [-0.3, -0.25) is 4.79 Å². The van der Waals surface area contributed by atoms with Crippen molar-refractivity contribution in [2.24, 2.45) is 0 Å². The highest BCUT2D eigenvalue weighted by molar-refractivity contribution is 7.13. The van der Waals surface area contributed by atoms with Crippen LogP contribution < -0.4 is 5.32 Å². The molecule has 0 saturated carbocycles. The molecule has 0 aliphatic carbocycles. The van der Waals surface area contributed by atoms with Gasteiger partial charge in [0, 0.05) is 29.9 Å². The van der Waals surface area contributed by atoms with Crippen LogP contribution in [-0.2, 0) is 9.53 Å². The first kappa shape index (κ1) is 12.7. The summed E-state index contributed by atoms with van der Waals surface area (Å²) in [5.41, 5.74) is 1.74. The maximum atomic E-state index is 11.7. The van der Waals surface area contributed by atoms with Crippen LogP contribution in [0.2, 0.25) is 0 Å². The predicted octanol–water partition coefficient (Wildman–Crippen LogP) is 2.78. The first-order valence-electron chi connectivity index (χ1n) is 5.54. The van der Waals surface area contributed by atoms with Crippen LogP contribution in [0, 0.1) is 0 Å². The third-order valence-electron chi connectivity index (χ3n) is 2.53. The zero-order valence-electron chi connectivity index (χ0n) is 10.2. The average Bonchev–Trinajstić information content (AvgIpc) is 2.92. The second kappa shape index (κ2) is 5.75. The molecule has 1 N–H and O–H groups in total. The third-order valence-corrected chi connectivity index (χ3v) is 3.35. The van der Waals surface area contributed by atoms with Crippen LogP contribution in [0.15, 0.2) is 35.8 Å². The van der Waals surface area contributed by atoms with Crippen molar-refractivity contribution in [2.75, 3.05) is 12.4 Å². The number of hydrogen-bond donors (Lipinski definition) is 1. The second-order valence-corrected chi connectivity index (χ2v) is 4.68. The Bertz CT molecular complexity index is 526. The van der Waals surface area contributed by atoms with Crippen LogP contribution in [0.5, 0.6) is 0 Å². The number of carbonyl (C=O) groups is 1. The number of thiazole rings is 1. The summed E-state index contributed by atoms with van der Waals surface area (Å²) >= 11 is 1.57. The van der Waals surface area contributed by atoms with Crippen LogP contribution in [0.4, 0.5) is 5.69 Å². The van der Waals surface area contributed by atoms with Gasteiger partial charge in [0.15, 0.2) is 0 Å². The summed E-state index contributed by atoms with van der Waals surface area (Å²) in [5, 5.41) is 5.67. The smallest absolute Gasteiger partial charge is 0.253 e. The number of nitrogens with one attached hydrogen (secondary N) is 1.